The Labute approximate surface area is 127 Å². The van der Waals surface area contributed by atoms with E-state index in [9.17, 15) is 9.59 Å². The minimum atomic E-state index is -0.837. The number of piperidine rings is 1. The molecule has 0 saturated carbocycles. The first-order valence-electron chi connectivity index (χ1n) is 7.92. The Balaban J connectivity index is 2.40. The number of carbonyl (C=O) groups is 2. The van der Waals surface area contributed by atoms with E-state index in [2.05, 4.69) is 31.1 Å². The number of likely N-dealkylation sites (tertiary alicyclic amines) is 1. The standard InChI is InChI=1S/C15H29N3O3/c1-4-12(2)17(3)10-8-16-15(21)18-9-6-5-7-13(18)11-14(19)20/h12-13H,4-11H2,1-3H3,(H,16,21)(H,19,20). The molecule has 1 aliphatic heterocycles. The zero-order chi connectivity index (χ0) is 15.8. The quantitative estimate of drug-likeness (QED) is 0.751. The number of carbonyl (C=O) groups excluding carboxylic acids is 1. The van der Waals surface area contributed by atoms with Gasteiger partial charge in [0.25, 0.3) is 0 Å². The first kappa shape index (κ1) is 17.8. The number of hydrogen-bond acceptors (Lipinski definition) is 3. The van der Waals surface area contributed by atoms with Crippen LogP contribution in [0.25, 0.3) is 0 Å². The van der Waals surface area contributed by atoms with Crippen molar-refractivity contribution in [2.75, 3.05) is 26.7 Å². The second kappa shape index (κ2) is 8.87. The lowest BCUT2D eigenvalue weighted by atomic mass is 10.00. The van der Waals surface area contributed by atoms with E-state index in [-0.39, 0.29) is 18.5 Å². The highest BCUT2D eigenvalue weighted by Gasteiger charge is 2.28. The van der Waals surface area contributed by atoms with Crippen LogP contribution in [-0.2, 0) is 4.79 Å². The summed E-state index contributed by atoms with van der Waals surface area (Å²) in [5, 5.41) is 11.9. The first-order valence-corrected chi connectivity index (χ1v) is 7.92. The van der Waals surface area contributed by atoms with Crippen LogP contribution in [0.3, 0.4) is 0 Å². The maximum Gasteiger partial charge on any atom is 0.317 e. The average molecular weight is 299 g/mol. The largest absolute Gasteiger partial charge is 0.481 e. The Hall–Kier alpha value is -1.30. The minimum Gasteiger partial charge on any atom is -0.481 e. The summed E-state index contributed by atoms with van der Waals surface area (Å²) in [6.07, 6.45) is 3.86. The Morgan fingerprint density at radius 3 is 2.76 bits per heavy atom. The van der Waals surface area contributed by atoms with Crippen LogP contribution in [0.15, 0.2) is 0 Å². The molecule has 6 nitrogen and oxygen atoms in total. The molecule has 0 radical (unpaired) electrons. The number of carboxylic acids is 1. The van der Waals surface area contributed by atoms with Gasteiger partial charge in [-0.05, 0) is 39.7 Å². The van der Waals surface area contributed by atoms with Crippen LogP contribution in [0.2, 0.25) is 0 Å². The number of nitrogens with zero attached hydrogens (tertiary/aromatic N) is 2. The Morgan fingerprint density at radius 2 is 2.14 bits per heavy atom. The smallest absolute Gasteiger partial charge is 0.317 e. The van der Waals surface area contributed by atoms with Crippen molar-refractivity contribution in [3.05, 3.63) is 0 Å². The van der Waals surface area contributed by atoms with Gasteiger partial charge in [0, 0.05) is 31.7 Å². The second-order valence-electron chi connectivity index (χ2n) is 5.91. The lowest BCUT2D eigenvalue weighted by molar-refractivity contribution is -0.138. The van der Waals surface area contributed by atoms with Crippen molar-refractivity contribution in [1.82, 2.24) is 15.1 Å². The second-order valence-corrected chi connectivity index (χ2v) is 5.91. The number of rotatable bonds is 7. The molecule has 0 aromatic heterocycles. The molecule has 1 aliphatic rings. The van der Waals surface area contributed by atoms with Gasteiger partial charge in [-0.3, -0.25) is 4.79 Å². The molecule has 0 aliphatic carbocycles. The predicted octanol–water partition coefficient (Wildman–Crippen LogP) is 1.76. The Bertz CT molecular complexity index is 349. The van der Waals surface area contributed by atoms with Crippen LogP contribution in [0.5, 0.6) is 0 Å². The molecule has 0 aromatic rings. The first-order chi connectivity index (χ1) is 9.95. The molecule has 122 valence electrons. The average Bonchev–Trinajstić information content (AvgIpc) is 2.46. The molecule has 2 amide bonds. The molecular weight excluding hydrogens is 270 g/mol. The van der Waals surface area contributed by atoms with Crippen LogP contribution in [0, 0.1) is 0 Å². The number of carboxylic acid groups (broad SMARTS) is 1. The van der Waals surface area contributed by atoms with E-state index < -0.39 is 5.97 Å². The van der Waals surface area contributed by atoms with Crippen molar-refractivity contribution in [3.63, 3.8) is 0 Å². The van der Waals surface area contributed by atoms with Crippen LogP contribution in [0.4, 0.5) is 4.79 Å². The van der Waals surface area contributed by atoms with Crippen molar-refractivity contribution in [1.29, 1.82) is 0 Å². The van der Waals surface area contributed by atoms with Crippen molar-refractivity contribution >= 4 is 12.0 Å². The molecule has 2 N–H and O–H groups in total. The van der Waals surface area contributed by atoms with Crippen molar-refractivity contribution in [2.24, 2.45) is 0 Å². The maximum atomic E-state index is 12.2. The number of hydrogen-bond donors (Lipinski definition) is 2. The summed E-state index contributed by atoms with van der Waals surface area (Å²) >= 11 is 0. The molecule has 0 aromatic carbocycles. The zero-order valence-corrected chi connectivity index (χ0v) is 13.5. The fourth-order valence-electron chi connectivity index (χ4n) is 2.65. The topological polar surface area (TPSA) is 72.9 Å². The van der Waals surface area contributed by atoms with Gasteiger partial charge in [-0.2, -0.15) is 0 Å². The van der Waals surface area contributed by atoms with E-state index in [4.69, 9.17) is 5.11 Å². The normalized spacial score (nSPS) is 20.4. The van der Waals surface area contributed by atoms with Gasteiger partial charge in [-0.1, -0.05) is 6.92 Å². The van der Waals surface area contributed by atoms with Gasteiger partial charge < -0.3 is 20.2 Å². The molecule has 1 heterocycles. The molecule has 1 fully saturated rings. The molecule has 2 unspecified atom stereocenters. The van der Waals surface area contributed by atoms with Gasteiger partial charge >= 0.3 is 12.0 Å². The highest BCUT2D eigenvalue weighted by molar-refractivity contribution is 5.76. The summed E-state index contributed by atoms with van der Waals surface area (Å²) in [5.74, 6) is -0.837. The van der Waals surface area contributed by atoms with E-state index in [0.29, 0.717) is 19.1 Å². The Kier molecular flexibility index (Phi) is 7.50. The minimum absolute atomic E-state index is 0.0419. The summed E-state index contributed by atoms with van der Waals surface area (Å²) in [6, 6.07) is 0.207. The Morgan fingerprint density at radius 1 is 1.43 bits per heavy atom. The third kappa shape index (κ3) is 5.91. The van der Waals surface area contributed by atoms with Gasteiger partial charge in [-0.15, -0.1) is 0 Å². The molecular formula is C15H29N3O3. The van der Waals surface area contributed by atoms with Crippen molar-refractivity contribution in [2.45, 2.75) is 58.0 Å². The van der Waals surface area contributed by atoms with Crippen LogP contribution in [0.1, 0.15) is 46.0 Å². The molecule has 1 rings (SSSR count). The third-order valence-electron chi connectivity index (χ3n) is 4.38. The highest BCUT2D eigenvalue weighted by Crippen LogP contribution is 2.19. The number of amides is 2. The molecule has 1 saturated heterocycles. The highest BCUT2D eigenvalue weighted by atomic mass is 16.4. The molecule has 2 atom stereocenters. The summed E-state index contributed by atoms with van der Waals surface area (Å²) in [7, 11) is 2.05. The fourth-order valence-corrected chi connectivity index (χ4v) is 2.65. The number of likely N-dealkylation sites (N-methyl/N-ethyl adjacent to an activating group) is 1. The molecule has 0 bridgehead atoms. The monoisotopic (exact) mass is 299 g/mol. The molecule has 0 spiro atoms. The van der Waals surface area contributed by atoms with Crippen molar-refractivity contribution < 1.29 is 14.7 Å². The summed E-state index contributed by atoms with van der Waals surface area (Å²) in [4.78, 5) is 27.0. The molecule has 21 heavy (non-hydrogen) atoms. The van der Waals surface area contributed by atoms with Crippen LogP contribution >= 0.6 is 0 Å². The lowest BCUT2D eigenvalue weighted by Crippen LogP contribution is -2.50. The summed E-state index contributed by atoms with van der Waals surface area (Å²) < 4.78 is 0. The van der Waals surface area contributed by atoms with E-state index in [1.165, 1.54) is 0 Å². The van der Waals surface area contributed by atoms with Crippen molar-refractivity contribution in [3.8, 4) is 0 Å². The number of aliphatic carboxylic acids is 1. The molecule has 6 heteroatoms. The predicted molar refractivity (Wildman–Crippen MR) is 82.4 cm³/mol. The van der Waals surface area contributed by atoms with E-state index in [0.717, 1.165) is 32.2 Å². The van der Waals surface area contributed by atoms with E-state index in [1.807, 2.05) is 0 Å². The van der Waals surface area contributed by atoms with Gasteiger partial charge in [-0.25, -0.2) is 4.79 Å². The number of urea groups is 1. The van der Waals surface area contributed by atoms with Gasteiger partial charge in [0.2, 0.25) is 0 Å². The van der Waals surface area contributed by atoms with E-state index >= 15 is 0 Å². The van der Waals surface area contributed by atoms with E-state index in [1.54, 1.807) is 4.90 Å². The van der Waals surface area contributed by atoms with Gasteiger partial charge in [0.15, 0.2) is 0 Å². The van der Waals surface area contributed by atoms with Crippen LogP contribution in [-0.4, -0.2) is 65.7 Å². The lowest BCUT2D eigenvalue weighted by Gasteiger charge is -2.35. The fraction of sp³-hybridized carbons (Fsp3) is 0.867. The SMILES string of the molecule is CCC(C)N(C)CCNC(=O)N1CCCCC1CC(=O)O. The van der Waals surface area contributed by atoms with Gasteiger partial charge in [0.1, 0.15) is 0 Å². The van der Waals surface area contributed by atoms with Crippen LogP contribution < -0.4 is 5.32 Å². The zero-order valence-electron chi connectivity index (χ0n) is 13.5. The number of nitrogens with one attached hydrogen (secondary N) is 1. The maximum absolute atomic E-state index is 12.2. The summed E-state index contributed by atoms with van der Waals surface area (Å²) in [5.41, 5.74) is 0. The van der Waals surface area contributed by atoms with Gasteiger partial charge in [0.05, 0.1) is 6.42 Å². The summed E-state index contributed by atoms with van der Waals surface area (Å²) in [6.45, 7) is 6.36. The third-order valence-corrected chi connectivity index (χ3v) is 4.38.